The van der Waals surface area contributed by atoms with Crippen LogP contribution in [-0.4, -0.2) is 4.98 Å². The fourth-order valence-corrected chi connectivity index (χ4v) is 1.83. The van der Waals surface area contributed by atoms with E-state index in [1.807, 2.05) is 42.5 Å². The second-order valence-corrected chi connectivity index (χ2v) is 4.42. The minimum atomic E-state index is 0.571. The van der Waals surface area contributed by atoms with Crippen molar-refractivity contribution in [2.75, 3.05) is 0 Å². The van der Waals surface area contributed by atoms with Crippen LogP contribution in [0.15, 0.2) is 47.2 Å². The van der Waals surface area contributed by atoms with Crippen molar-refractivity contribution in [2.45, 2.75) is 0 Å². The Balaban J connectivity index is 2.23. The zero-order chi connectivity index (χ0) is 12.1. The number of benzene rings is 1. The van der Waals surface area contributed by atoms with Crippen molar-refractivity contribution < 1.29 is 0 Å². The monoisotopic (exact) mass is 284 g/mol. The molecule has 0 unspecified atom stereocenters. The van der Waals surface area contributed by atoms with Crippen LogP contribution >= 0.6 is 15.9 Å². The lowest BCUT2D eigenvalue weighted by Crippen LogP contribution is -1.80. The van der Waals surface area contributed by atoms with E-state index in [-0.39, 0.29) is 0 Å². The Morgan fingerprint density at radius 3 is 2.71 bits per heavy atom. The molecule has 3 heteroatoms. The lowest BCUT2D eigenvalue weighted by atomic mass is 10.1. The summed E-state index contributed by atoms with van der Waals surface area (Å²) in [6, 6.07) is 11.9. The van der Waals surface area contributed by atoms with Gasteiger partial charge in [0.05, 0.1) is 5.56 Å². The van der Waals surface area contributed by atoms with Crippen molar-refractivity contribution in [2.24, 2.45) is 0 Å². The smallest absolute Gasteiger partial charge is 0.101 e. The molecular weight excluding hydrogens is 276 g/mol. The number of rotatable bonds is 2. The molecule has 0 amide bonds. The van der Waals surface area contributed by atoms with Crippen molar-refractivity contribution >= 4 is 28.1 Å². The van der Waals surface area contributed by atoms with Crippen molar-refractivity contribution in [3.8, 4) is 6.07 Å². The van der Waals surface area contributed by atoms with E-state index in [1.165, 1.54) is 0 Å². The van der Waals surface area contributed by atoms with Crippen LogP contribution in [-0.2, 0) is 0 Å². The maximum Gasteiger partial charge on any atom is 0.101 e. The summed E-state index contributed by atoms with van der Waals surface area (Å²) in [7, 11) is 0. The van der Waals surface area contributed by atoms with Gasteiger partial charge in [0.25, 0.3) is 0 Å². The number of hydrogen-bond acceptors (Lipinski definition) is 2. The molecule has 2 rings (SSSR count). The second kappa shape index (κ2) is 5.42. The largest absolute Gasteiger partial charge is 0.263 e. The number of nitriles is 1. The second-order valence-electron chi connectivity index (χ2n) is 3.51. The fourth-order valence-electron chi connectivity index (χ4n) is 1.41. The molecule has 0 aliphatic rings. The lowest BCUT2D eigenvalue weighted by Gasteiger charge is -1.95. The summed E-state index contributed by atoms with van der Waals surface area (Å²) in [5.74, 6) is 0. The van der Waals surface area contributed by atoms with Gasteiger partial charge < -0.3 is 0 Å². The van der Waals surface area contributed by atoms with Crippen molar-refractivity contribution in [3.05, 3.63) is 63.9 Å². The van der Waals surface area contributed by atoms with Crippen LogP contribution in [0.25, 0.3) is 12.2 Å². The zero-order valence-electron chi connectivity index (χ0n) is 8.97. The summed E-state index contributed by atoms with van der Waals surface area (Å²) in [5.41, 5.74) is 2.59. The number of hydrogen-bond donors (Lipinski definition) is 0. The quantitative estimate of drug-likeness (QED) is 0.839. The van der Waals surface area contributed by atoms with Gasteiger partial charge in [-0.2, -0.15) is 5.26 Å². The van der Waals surface area contributed by atoms with E-state index in [0.717, 1.165) is 15.6 Å². The number of pyridine rings is 1. The lowest BCUT2D eigenvalue weighted by molar-refractivity contribution is 1.29. The molecule has 0 aliphatic carbocycles. The molecule has 0 saturated heterocycles. The van der Waals surface area contributed by atoms with Gasteiger partial charge in [-0.3, -0.25) is 4.98 Å². The van der Waals surface area contributed by atoms with Gasteiger partial charge in [0.15, 0.2) is 0 Å². The first-order valence-electron chi connectivity index (χ1n) is 5.07. The van der Waals surface area contributed by atoms with E-state index < -0.39 is 0 Å². The van der Waals surface area contributed by atoms with Gasteiger partial charge >= 0.3 is 0 Å². The highest BCUT2D eigenvalue weighted by Crippen LogP contribution is 2.14. The summed E-state index contributed by atoms with van der Waals surface area (Å²) in [6.07, 6.45) is 7.21. The van der Waals surface area contributed by atoms with Crippen molar-refractivity contribution in [3.63, 3.8) is 0 Å². The Morgan fingerprint density at radius 2 is 1.94 bits per heavy atom. The molecule has 0 radical (unpaired) electrons. The van der Waals surface area contributed by atoms with Crippen LogP contribution in [0.2, 0.25) is 0 Å². The standard InChI is InChI=1S/C14H9BrN2/c15-14-3-1-2-11(7-14)4-5-12-6-13(8-16)10-17-9-12/h1-7,9-10H/b5-4+. The molecular formula is C14H9BrN2. The maximum absolute atomic E-state index is 8.76. The predicted octanol–water partition coefficient (Wildman–Crippen LogP) is 3.89. The van der Waals surface area contributed by atoms with Crippen LogP contribution in [0.3, 0.4) is 0 Å². The van der Waals surface area contributed by atoms with Crippen LogP contribution < -0.4 is 0 Å². The highest BCUT2D eigenvalue weighted by molar-refractivity contribution is 9.10. The first kappa shape index (κ1) is 11.6. The van der Waals surface area contributed by atoms with E-state index in [9.17, 15) is 0 Å². The van der Waals surface area contributed by atoms with Crippen LogP contribution in [0, 0.1) is 11.3 Å². The molecule has 0 bridgehead atoms. The summed E-state index contributed by atoms with van der Waals surface area (Å²) in [5, 5.41) is 8.76. The Bertz CT molecular complexity index is 597. The van der Waals surface area contributed by atoms with Gasteiger partial charge in [-0.05, 0) is 29.3 Å². The third kappa shape index (κ3) is 3.27. The minimum absolute atomic E-state index is 0.571. The van der Waals surface area contributed by atoms with Crippen LogP contribution in [0.1, 0.15) is 16.7 Å². The van der Waals surface area contributed by atoms with Crippen LogP contribution in [0.4, 0.5) is 0 Å². The maximum atomic E-state index is 8.76. The molecule has 2 aromatic rings. The molecule has 0 fully saturated rings. The van der Waals surface area contributed by atoms with E-state index in [1.54, 1.807) is 12.4 Å². The third-order valence-corrected chi connectivity index (χ3v) is 2.70. The third-order valence-electron chi connectivity index (χ3n) is 2.21. The minimum Gasteiger partial charge on any atom is -0.263 e. The molecule has 17 heavy (non-hydrogen) atoms. The molecule has 1 aromatic carbocycles. The molecule has 0 atom stereocenters. The SMILES string of the molecule is N#Cc1cncc(/C=C/c2cccc(Br)c2)c1. The summed E-state index contributed by atoms with van der Waals surface area (Å²) in [6.45, 7) is 0. The molecule has 82 valence electrons. The molecule has 2 nitrogen and oxygen atoms in total. The van der Waals surface area contributed by atoms with E-state index in [4.69, 9.17) is 5.26 Å². The van der Waals surface area contributed by atoms with Gasteiger partial charge in [0.1, 0.15) is 6.07 Å². The summed E-state index contributed by atoms with van der Waals surface area (Å²) >= 11 is 3.42. The average Bonchev–Trinajstić information content (AvgIpc) is 2.37. The highest BCUT2D eigenvalue weighted by atomic mass is 79.9. The van der Waals surface area contributed by atoms with Gasteiger partial charge in [-0.25, -0.2) is 0 Å². The average molecular weight is 285 g/mol. The Labute approximate surface area is 108 Å². The van der Waals surface area contributed by atoms with Crippen molar-refractivity contribution in [1.82, 2.24) is 4.98 Å². The van der Waals surface area contributed by atoms with Gasteiger partial charge in [0, 0.05) is 16.9 Å². The Hall–Kier alpha value is -1.92. The van der Waals surface area contributed by atoms with Crippen LogP contribution in [0.5, 0.6) is 0 Å². The molecule has 1 heterocycles. The topological polar surface area (TPSA) is 36.7 Å². The summed E-state index contributed by atoms with van der Waals surface area (Å²) < 4.78 is 1.04. The zero-order valence-corrected chi connectivity index (χ0v) is 10.6. The highest BCUT2D eigenvalue weighted by Gasteiger charge is 1.93. The Morgan fingerprint density at radius 1 is 1.12 bits per heavy atom. The molecule has 0 spiro atoms. The normalized spacial score (nSPS) is 10.4. The van der Waals surface area contributed by atoms with Gasteiger partial charge in [0.2, 0.25) is 0 Å². The number of aromatic nitrogens is 1. The fraction of sp³-hybridized carbons (Fsp3) is 0. The molecule has 0 N–H and O–H groups in total. The predicted molar refractivity (Wildman–Crippen MR) is 72.0 cm³/mol. The van der Waals surface area contributed by atoms with E-state index in [0.29, 0.717) is 5.56 Å². The van der Waals surface area contributed by atoms with Crippen molar-refractivity contribution in [1.29, 1.82) is 5.26 Å². The first-order valence-corrected chi connectivity index (χ1v) is 5.86. The molecule has 1 aromatic heterocycles. The Kier molecular flexibility index (Phi) is 3.69. The number of halogens is 1. The van der Waals surface area contributed by atoms with E-state index in [2.05, 4.69) is 27.0 Å². The number of nitrogens with zero attached hydrogens (tertiary/aromatic N) is 2. The van der Waals surface area contributed by atoms with Gasteiger partial charge in [-0.15, -0.1) is 0 Å². The molecule has 0 aliphatic heterocycles. The van der Waals surface area contributed by atoms with Gasteiger partial charge in [-0.1, -0.05) is 40.2 Å². The molecule has 0 saturated carbocycles. The van der Waals surface area contributed by atoms with E-state index >= 15 is 0 Å². The summed E-state index contributed by atoms with van der Waals surface area (Å²) in [4.78, 5) is 4.00. The first-order chi connectivity index (χ1) is 8.28.